The molecule has 16 heavy (non-hydrogen) atoms. The van der Waals surface area contributed by atoms with Gasteiger partial charge in [-0.3, -0.25) is 0 Å². The molecule has 0 aromatic carbocycles. The predicted octanol–water partition coefficient (Wildman–Crippen LogP) is 3.98. The first-order chi connectivity index (χ1) is 6.87. The molecule has 0 N–H and O–H groups in total. The molecule has 0 aromatic rings. The molecular weight excluding hydrogens is 248 g/mol. The highest BCUT2D eigenvalue weighted by Gasteiger charge is 2.79. The Labute approximate surface area is 86.6 Å². The first kappa shape index (κ1) is 15.4. The van der Waals surface area contributed by atoms with Crippen LogP contribution < -0.4 is 0 Å². The van der Waals surface area contributed by atoms with E-state index in [1.54, 1.807) is 0 Å². The molecule has 0 bridgehead atoms. The van der Waals surface area contributed by atoms with Crippen molar-refractivity contribution in [1.82, 2.24) is 0 Å². The summed E-state index contributed by atoms with van der Waals surface area (Å²) < 4.78 is 100. The van der Waals surface area contributed by atoms with Gasteiger partial charge in [0, 0.05) is 12.8 Å². The van der Waals surface area contributed by atoms with E-state index in [1.807, 2.05) is 0 Å². The zero-order chi connectivity index (χ0) is 13.4. The highest BCUT2D eigenvalue weighted by molar-refractivity contribution is 5.03. The summed E-state index contributed by atoms with van der Waals surface area (Å²) in [7, 11) is 0. The molecule has 0 unspecified atom stereocenters. The molecule has 0 aliphatic heterocycles. The predicted molar refractivity (Wildman–Crippen MR) is 39.7 cm³/mol. The van der Waals surface area contributed by atoms with E-state index in [1.165, 1.54) is 0 Å². The molecule has 2 radical (unpaired) electrons. The van der Waals surface area contributed by atoms with Gasteiger partial charge < -0.3 is 0 Å². The zero-order valence-corrected chi connectivity index (χ0v) is 7.85. The van der Waals surface area contributed by atoms with Crippen LogP contribution in [0.15, 0.2) is 0 Å². The van der Waals surface area contributed by atoms with Crippen LogP contribution in [0.3, 0.4) is 0 Å². The van der Waals surface area contributed by atoms with Crippen molar-refractivity contribution in [2.45, 2.75) is 36.5 Å². The van der Waals surface area contributed by atoms with E-state index in [0.29, 0.717) is 0 Å². The van der Waals surface area contributed by atoms with Gasteiger partial charge >= 0.3 is 23.7 Å². The van der Waals surface area contributed by atoms with Crippen molar-refractivity contribution in [3.63, 3.8) is 0 Å². The Hall–Kier alpha value is -0.560. The molecule has 0 nitrogen and oxygen atoms in total. The van der Waals surface area contributed by atoms with Crippen LogP contribution >= 0.6 is 0 Å². The lowest BCUT2D eigenvalue weighted by Gasteiger charge is -2.36. The van der Waals surface area contributed by atoms with Crippen molar-refractivity contribution in [2.75, 3.05) is 0 Å². The number of hydrogen-bond donors (Lipinski definition) is 0. The molecule has 0 saturated heterocycles. The maximum atomic E-state index is 12.6. The van der Waals surface area contributed by atoms with Crippen LogP contribution in [-0.4, -0.2) is 23.7 Å². The van der Waals surface area contributed by atoms with Crippen LogP contribution in [0.1, 0.15) is 12.8 Å². The van der Waals surface area contributed by atoms with Gasteiger partial charge in [-0.05, 0) is 13.8 Å². The molecule has 0 atom stereocenters. The molecule has 8 heteroatoms. The van der Waals surface area contributed by atoms with E-state index < -0.39 is 36.5 Å². The number of alkyl halides is 8. The highest BCUT2D eigenvalue weighted by Crippen LogP contribution is 2.54. The fraction of sp³-hybridized carbons (Fsp3) is 0.750. The molecule has 0 heterocycles. The maximum absolute atomic E-state index is 12.6. The van der Waals surface area contributed by atoms with Gasteiger partial charge in [0.25, 0.3) is 0 Å². The molecule has 0 saturated carbocycles. The fourth-order valence-corrected chi connectivity index (χ4v) is 0.773. The van der Waals surface area contributed by atoms with Gasteiger partial charge in [0.1, 0.15) is 0 Å². The average Bonchev–Trinajstić information content (AvgIpc) is 2.16. The van der Waals surface area contributed by atoms with Crippen molar-refractivity contribution in [2.24, 2.45) is 0 Å². The van der Waals surface area contributed by atoms with E-state index in [0.717, 1.165) is 0 Å². The Morgan fingerprint density at radius 1 is 0.562 bits per heavy atom. The van der Waals surface area contributed by atoms with Gasteiger partial charge in [0.2, 0.25) is 0 Å². The summed E-state index contributed by atoms with van der Waals surface area (Å²) in [5.41, 5.74) is 0. The van der Waals surface area contributed by atoms with Crippen LogP contribution in [0.5, 0.6) is 0 Å². The third kappa shape index (κ3) is 1.98. The smallest absolute Gasteiger partial charge is 0.200 e. The molecule has 0 aliphatic rings. The topological polar surface area (TPSA) is 0 Å². The summed E-state index contributed by atoms with van der Waals surface area (Å²) in [6.45, 7) is 4.64. The van der Waals surface area contributed by atoms with Gasteiger partial charge in [-0.1, -0.05) is 0 Å². The Morgan fingerprint density at radius 2 is 0.750 bits per heavy atom. The van der Waals surface area contributed by atoms with Gasteiger partial charge in [-0.2, -0.15) is 35.1 Å². The summed E-state index contributed by atoms with van der Waals surface area (Å²) in [4.78, 5) is 0. The van der Waals surface area contributed by atoms with Gasteiger partial charge in [-0.15, -0.1) is 0 Å². The van der Waals surface area contributed by atoms with Crippen molar-refractivity contribution in [3.05, 3.63) is 13.8 Å². The number of rotatable bonds is 5. The normalized spacial score (nSPS) is 15.4. The van der Waals surface area contributed by atoms with Crippen LogP contribution in [0.25, 0.3) is 0 Å². The zero-order valence-electron chi connectivity index (χ0n) is 7.85. The summed E-state index contributed by atoms with van der Waals surface area (Å²) >= 11 is 0. The summed E-state index contributed by atoms with van der Waals surface area (Å²) in [6.07, 6.45) is -3.86. The monoisotopic (exact) mass is 256 g/mol. The first-order valence-electron chi connectivity index (χ1n) is 3.97. The molecule has 0 amide bonds. The molecule has 0 aliphatic carbocycles. The summed E-state index contributed by atoms with van der Waals surface area (Å²) in [6, 6.07) is 0. The second-order valence-corrected chi connectivity index (χ2v) is 3.06. The number of halogens is 8. The van der Waals surface area contributed by atoms with Crippen molar-refractivity contribution in [3.8, 4) is 0 Å². The lowest BCUT2D eigenvalue weighted by molar-refractivity contribution is -0.364. The van der Waals surface area contributed by atoms with Crippen molar-refractivity contribution >= 4 is 0 Å². The maximum Gasteiger partial charge on any atom is 0.378 e. The minimum Gasteiger partial charge on any atom is -0.200 e. The number of hydrogen-bond acceptors (Lipinski definition) is 0. The van der Waals surface area contributed by atoms with Crippen LogP contribution in [-0.2, 0) is 0 Å². The summed E-state index contributed by atoms with van der Waals surface area (Å²) in [5, 5.41) is 0. The summed E-state index contributed by atoms with van der Waals surface area (Å²) in [5.74, 6) is -23.0. The minimum atomic E-state index is -6.19. The van der Waals surface area contributed by atoms with Gasteiger partial charge in [0.05, 0.1) is 0 Å². The lowest BCUT2D eigenvalue weighted by atomic mass is 9.96. The second kappa shape index (κ2) is 4.03. The second-order valence-electron chi connectivity index (χ2n) is 3.06. The Bertz CT molecular complexity index is 218. The highest BCUT2D eigenvalue weighted by atomic mass is 19.4. The molecule has 0 spiro atoms. The van der Waals surface area contributed by atoms with Crippen LogP contribution in [0, 0.1) is 13.8 Å². The quantitative estimate of drug-likeness (QED) is 0.653. The molecular formula is C8H8F8. The van der Waals surface area contributed by atoms with E-state index >= 15 is 0 Å². The third-order valence-corrected chi connectivity index (χ3v) is 1.94. The fourth-order valence-electron chi connectivity index (χ4n) is 0.773. The standard InChI is InChI=1S/C8H8F8/c1-3-5(9,10)7(13,14)8(15,16)6(11,12)4-2/h1-4H2. The lowest BCUT2D eigenvalue weighted by Crippen LogP contribution is -2.61. The average molecular weight is 256 g/mol. The van der Waals surface area contributed by atoms with Gasteiger partial charge in [0.15, 0.2) is 0 Å². The largest absolute Gasteiger partial charge is 0.378 e. The molecule has 96 valence electrons. The Morgan fingerprint density at radius 3 is 0.875 bits per heavy atom. The third-order valence-electron chi connectivity index (χ3n) is 1.94. The van der Waals surface area contributed by atoms with E-state index in [9.17, 15) is 35.1 Å². The Balaban J connectivity index is 5.46. The molecule has 0 aromatic heterocycles. The van der Waals surface area contributed by atoms with Gasteiger partial charge in [-0.25, -0.2) is 0 Å². The van der Waals surface area contributed by atoms with Crippen molar-refractivity contribution < 1.29 is 35.1 Å². The Kier molecular flexibility index (Phi) is 3.89. The van der Waals surface area contributed by atoms with Crippen LogP contribution in [0.2, 0.25) is 0 Å². The SMILES string of the molecule is [CH2]CC(F)(F)C(F)(F)C(F)(F)C(F)(F)C[CH2]. The minimum absolute atomic E-state index is 1.93. The van der Waals surface area contributed by atoms with Crippen molar-refractivity contribution in [1.29, 1.82) is 0 Å². The van der Waals surface area contributed by atoms with E-state index in [4.69, 9.17) is 0 Å². The molecule has 0 fully saturated rings. The van der Waals surface area contributed by atoms with Crippen LogP contribution in [0.4, 0.5) is 35.1 Å². The molecule has 0 rings (SSSR count). The van der Waals surface area contributed by atoms with E-state index in [-0.39, 0.29) is 0 Å². The van der Waals surface area contributed by atoms with E-state index in [2.05, 4.69) is 13.8 Å². The first-order valence-corrected chi connectivity index (χ1v) is 3.97.